The number of rotatable bonds is 10. The zero-order valence-corrected chi connectivity index (χ0v) is 19.6. The van der Waals surface area contributed by atoms with Gasteiger partial charge in [0.1, 0.15) is 17.2 Å². The average molecular weight is 473 g/mol. The van der Waals surface area contributed by atoms with E-state index < -0.39 is 0 Å². The number of methoxy groups -OCH3 is 1. The third kappa shape index (κ3) is 7.28. The summed E-state index contributed by atoms with van der Waals surface area (Å²) in [5.74, 6) is 1.70. The highest BCUT2D eigenvalue weighted by Gasteiger charge is 2.14. The SMILES string of the molecule is COC(=O)CCSc1cnc(NC(=O)c2cc(Oc3ccccc3)cc(OC(C)C)c2)s1. The van der Waals surface area contributed by atoms with Crippen LogP contribution in [-0.2, 0) is 9.53 Å². The van der Waals surface area contributed by atoms with E-state index in [2.05, 4.69) is 15.0 Å². The minimum atomic E-state index is -0.322. The van der Waals surface area contributed by atoms with Crippen LogP contribution in [0.5, 0.6) is 17.2 Å². The number of para-hydroxylation sites is 1. The van der Waals surface area contributed by atoms with Gasteiger partial charge in [0.15, 0.2) is 5.13 Å². The summed E-state index contributed by atoms with van der Waals surface area (Å²) in [6, 6.07) is 14.4. The monoisotopic (exact) mass is 472 g/mol. The molecule has 0 radical (unpaired) electrons. The average Bonchev–Trinajstić information content (AvgIpc) is 3.20. The second kappa shape index (κ2) is 11.5. The zero-order valence-electron chi connectivity index (χ0n) is 18.0. The van der Waals surface area contributed by atoms with Gasteiger partial charge in [0.2, 0.25) is 0 Å². The van der Waals surface area contributed by atoms with Crippen LogP contribution < -0.4 is 14.8 Å². The van der Waals surface area contributed by atoms with E-state index in [9.17, 15) is 9.59 Å². The molecule has 1 N–H and O–H groups in total. The summed E-state index contributed by atoms with van der Waals surface area (Å²) in [4.78, 5) is 28.4. The van der Waals surface area contributed by atoms with Crippen molar-refractivity contribution in [2.75, 3.05) is 18.2 Å². The first-order chi connectivity index (χ1) is 15.4. The molecule has 0 unspecified atom stereocenters. The molecule has 7 nitrogen and oxygen atoms in total. The van der Waals surface area contributed by atoms with E-state index in [1.165, 1.54) is 30.2 Å². The van der Waals surface area contributed by atoms with Crippen molar-refractivity contribution in [3.05, 3.63) is 60.3 Å². The Hall–Kier alpha value is -3.04. The van der Waals surface area contributed by atoms with Gasteiger partial charge < -0.3 is 14.2 Å². The van der Waals surface area contributed by atoms with Crippen molar-refractivity contribution in [3.63, 3.8) is 0 Å². The maximum absolute atomic E-state index is 12.9. The number of amides is 1. The highest BCUT2D eigenvalue weighted by Crippen LogP contribution is 2.31. The third-order valence-electron chi connectivity index (χ3n) is 3.98. The molecule has 3 rings (SSSR count). The summed E-state index contributed by atoms with van der Waals surface area (Å²) in [5.41, 5.74) is 0.393. The minimum Gasteiger partial charge on any atom is -0.491 e. The van der Waals surface area contributed by atoms with E-state index in [-0.39, 0.29) is 18.0 Å². The van der Waals surface area contributed by atoms with Gasteiger partial charge in [-0.05, 0) is 38.1 Å². The van der Waals surface area contributed by atoms with Crippen molar-refractivity contribution in [2.24, 2.45) is 0 Å². The molecule has 0 fully saturated rings. The minimum absolute atomic E-state index is 0.0542. The van der Waals surface area contributed by atoms with Gasteiger partial charge in [0.25, 0.3) is 5.91 Å². The van der Waals surface area contributed by atoms with Crippen molar-refractivity contribution in [1.29, 1.82) is 0 Å². The topological polar surface area (TPSA) is 86.8 Å². The van der Waals surface area contributed by atoms with E-state index in [1.54, 1.807) is 24.4 Å². The predicted molar refractivity (Wildman–Crippen MR) is 126 cm³/mol. The van der Waals surface area contributed by atoms with Crippen LogP contribution in [0.15, 0.2) is 58.9 Å². The number of nitrogens with one attached hydrogen (secondary N) is 1. The van der Waals surface area contributed by atoms with E-state index >= 15 is 0 Å². The van der Waals surface area contributed by atoms with Crippen molar-refractivity contribution >= 4 is 40.1 Å². The van der Waals surface area contributed by atoms with E-state index in [1.807, 2.05) is 44.2 Å². The van der Waals surface area contributed by atoms with E-state index in [0.717, 1.165) is 4.21 Å². The van der Waals surface area contributed by atoms with Crippen LogP contribution in [0.25, 0.3) is 0 Å². The third-order valence-corrected chi connectivity index (χ3v) is 6.09. The summed E-state index contributed by atoms with van der Waals surface area (Å²) in [6.07, 6.45) is 1.93. The van der Waals surface area contributed by atoms with Gasteiger partial charge in [-0.1, -0.05) is 29.5 Å². The number of thiazole rings is 1. The molecule has 3 aromatic rings. The molecule has 1 aromatic heterocycles. The summed E-state index contributed by atoms with van der Waals surface area (Å²) < 4.78 is 17.2. The van der Waals surface area contributed by atoms with Crippen LogP contribution >= 0.6 is 23.1 Å². The lowest BCUT2D eigenvalue weighted by atomic mass is 10.2. The Morgan fingerprint density at radius 1 is 1.09 bits per heavy atom. The summed E-state index contributed by atoms with van der Waals surface area (Å²) in [7, 11) is 1.37. The number of benzene rings is 2. The summed E-state index contributed by atoms with van der Waals surface area (Å²) >= 11 is 2.83. The Bertz CT molecular complexity index is 1050. The van der Waals surface area contributed by atoms with Gasteiger partial charge in [-0.3, -0.25) is 14.9 Å². The van der Waals surface area contributed by atoms with E-state index in [4.69, 9.17) is 9.47 Å². The molecule has 168 valence electrons. The van der Waals surface area contributed by atoms with Crippen molar-refractivity contribution in [2.45, 2.75) is 30.6 Å². The van der Waals surface area contributed by atoms with Crippen LogP contribution in [0, 0.1) is 0 Å². The molecule has 0 saturated heterocycles. The molecular formula is C23H24N2O5S2. The van der Waals surface area contributed by atoms with Gasteiger partial charge >= 0.3 is 5.97 Å². The summed E-state index contributed by atoms with van der Waals surface area (Å²) in [6.45, 7) is 3.83. The molecule has 0 bridgehead atoms. The molecule has 32 heavy (non-hydrogen) atoms. The van der Waals surface area contributed by atoms with Crippen LogP contribution in [0.4, 0.5) is 5.13 Å². The lowest BCUT2D eigenvalue weighted by Gasteiger charge is -2.14. The number of anilines is 1. The molecule has 0 aliphatic heterocycles. The lowest BCUT2D eigenvalue weighted by Crippen LogP contribution is -2.13. The molecule has 1 amide bonds. The first kappa shape index (κ1) is 23.6. The molecule has 0 aliphatic rings. The number of hydrogen-bond acceptors (Lipinski definition) is 8. The van der Waals surface area contributed by atoms with Crippen molar-refractivity contribution in [1.82, 2.24) is 4.98 Å². The second-order valence-electron chi connectivity index (χ2n) is 6.89. The van der Waals surface area contributed by atoms with Gasteiger partial charge in [-0.2, -0.15) is 0 Å². The number of carbonyl (C=O) groups excluding carboxylic acids is 2. The smallest absolute Gasteiger partial charge is 0.306 e. The van der Waals surface area contributed by atoms with Gasteiger partial charge in [-0.25, -0.2) is 4.98 Å². The number of aromatic nitrogens is 1. The fraction of sp³-hybridized carbons (Fsp3) is 0.261. The molecule has 1 heterocycles. The van der Waals surface area contributed by atoms with Gasteiger partial charge in [0, 0.05) is 17.4 Å². The first-order valence-electron chi connectivity index (χ1n) is 9.94. The Morgan fingerprint density at radius 3 is 2.56 bits per heavy atom. The van der Waals surface area contributed by atoms with Gasteiger partial charge in [-0.15, -0.1) is 11.8 Å². The largest absolute Gasteiger partial charge is 0.491 e. The van der Waals surface area contributed by atoms with Crippen LogP contribution in [0.2, 0.25) is 0 Å². The Balaban J connectivity index is 1.71. The molecule has 9 heteroatoms. The number of thioether (sulfide) groups is 1. The molecule has 0 saturated carbocycles. The first-order valence-corrected chi connectivity index (χ1v) is 11.7. The molecular weight excluding hydrogens is 448 g/mol. The molecule has 0 aliphatic carbocycles. The second-order valence-corrected chi connectivity index (χ2v) is 9.31. The van der Waals surface area contributed by atoms with Crippen LogP contribution in [-0.4, -0.2) is 35.8 Å². The maximum atomic E-state index is 12.9. The maximum Gasteiger partial charge on any atom is 0.306 e. The number of ether oxygens (including phenoxy) is 3. The number of carbonyl (C=O) groups is 2. The fourth-order valence-electron chi connectivity index (χ4n) is 2.62. The standard InChI is InChI=1S/C23H24N2O5S2/c1-15(2)29-18-11-16(12-19(13-18)30-17-7-5-4-6-8-17)22(27)25-23-24-14-21(32-23)31-10-9-20(26)28-3/h4-8,11-15H,9-10H2,1-3H3,(H,24,25,27). The quantitative estimate of drug-likeness (QED) is 0.302. The highest BCUT2D eigenvalue weighted by atomic mass is 32.2. The number of hydrogen-bond donors (Lipinski definition) is 1. The molecule has 0 atom stereocenters. The fourth-order valence-corrected chi connectivity index (χ4v) is 4.48. The van der Waals surface area contributed by atoms with Crippen molar-refractivity contribution < 1.29 is 23.8 Å². The normalized spacial score (nSPS) is 10.6. The Labute approximate surface area is 195 Å². The van der Waals surface area contributed by atoms with Gasteiger partial charge in [0.05, 0.1) is 30.0 Å². The predicted octanol–water partition coefficient (Wildman–Crippen LogP) is 5.63. The lowest BCUT2D eigenvalue weighted by molar-refractivity contribution is -0.140. The summed E-state index contributed by atoms with van der Waals surface area (Å²) in [5, 5.41) is 3.28. The Kier molecular flexibility index (Phi) is 8.52. The zero-order chi connectivity index (χ0) is 22.9. The molecule has 0 spiro atoms. The number of esters is 1. The molecule has 2 aromatic carbocycles. The van der Waals surface area contributed by atoms with Crippen LogP contribution in [0.3, 0.4) is 0 Å². The Morgan fingerprint density at radius 2 is 1.84 bits per heavy atom. The highest BCUT2D eigenvalue weighted by molar-refractivity contribution is 8.01. The van der Waals surface area contributed by atoms with Crippen molar-refractivity contribution in [3.8, 4) is 17.2 Å². The van der Waals surface area contributed by atoms with Crippen LogP contribution in [0.1, 0.15) is 30.6 Å². The number of nitrogens with zero attached hydrogens (tertiary/aromatic N) is 1. The van der Waals surface area contributed by atoms with E-state index in [0.29, 0.717) is 40.1 Å².